The lowest BCUT2D eigenvalue weighted by atomic mass is 9.55. The summed E-state index contributed by atoms with van der Waals surface area (Å²) in [5.41, 5.74) is 0. The third kappa shape index (κ3) is 2.26. The number of hydrogen-bond acceptors (Lipinski definition) is 6. The molecule has 0 radical (unpaired) electrons. The molecule has 0 heterocycles. The summed E-state index contributed by atoms with van der Waals surface area (Å²) in [5, 5.41) is 0. The fraction of sp³-hybridized carbons (Fsp3) is 0.818. The minimum absolute atomic E-state index is 0.140. The second-order valence-corrected chi connectivity index (χ2v) is 9.63. The molecule has 0 N–H and O–H groups in total. The van der Waals surface area contributed by atoms with Crippen LogP contribution in [0.5, 0.6) is 0 Å². The van der Waals surface area contributed by atoms with Crippen molar-refractivity contribution in [2.75, 3.05) is 14.2 Å². The van der Waals surface area contributed by atoms with Gasteiger partial charge in [-0.3, -0.25) is 19.2 Å². The number of methoxy groups -OCH3 is 2. The van der Waals surface area contributed by atoms with E-state index >= 15 is 0 Å². The molecule has 5 rings (SSSR count). The first-order valence-corrected chi connectivity index (χ1v) is 10.7. The van der Waals surface area contributed by atoms with Crippen molar-refractivity contribution in [2.24, 2.45) is 59.2 Å². The van der Waals surface area contributed by atoms with Gasteiger partial charge in [-0.05, 0) is 61.2 Å². The normalized spacial score (nSPS) is 48.6. The molecule has 0 aromatic carbocycles. The second-order valence-electron chi connectivity index (χ2n) is 9.63. The van der Waals surface area contributed by atoms with Gasteiger partial charge in [0, 0.05) is 24.7 Å². The Balaban J connectivity index is 1.63. The topological polar surface area (TPSA) is 86.7 Å². The zero-order valence-corrected chi connectivity index (χ0v) is 16.5. The van der Waals surface area contributed by atoms with Crippen LogP contribution >= 0.6 is 0 Å². The Kier molecular flexibility index (Phi) is 4.18. The number of esters is 2. The molecular formula is C22H28O6. The maximum absolute atomic E-state index is 13.0. The maximum Gasteiger partial charge on any atom is 0.309 e. The molecule has 0 saturated heterocycles. The molecule has 0 bridgehead atoms. The number of Topliss-reactive ketones (excluding diaryl/α,β-unsaturated/α-hetero) is 2. The van der Waals surface area contributed by atoms with E-state index in [4.69, 9.17) is 9.47 Å². The summed E-state index contributed by atoms with van der Waals surface area (Å²) in [7, 11) is 2.69. The van der Waals surface area contributed by atoms with Crippen molar-refractivity contribution in [1.82, 2.24) is 0 Å². The lowest BCUT2D eigenvalue weighted by molar-refractivity contribution is -0.173. The lowest BCUT2D eigenvalue weighted by Crippen LogP contribution is -2.53. The molecule has 0 amide bonds. The molecule has 5 fully saturated rings. The third-order valence-corrected chi connectivity index (χ3v) is 8.96. The Bertz CT molecular complexity index is 681. The zero-order valence-electron chi connectivity index (χ0n) is 16.5. The molecule has 0 aliphatic heterocycles. The molecule has 0 unspecified atom stereocenters. The fourth-order valence-electron chi connectivity index (χ4n) is 8.26. The standard InChI is InChI=1S/C22H28O6/c1-27-21(25)19-17-11(7-9-3-5-13(23)15(9)17)12-8-10-4-6-14(24)16(10)18(12)20(19)22(26)28-2/h9-12,15-20H,3-8H2,1-2H3/t9-,10-,11-,12+,15+,16-,17+,18-,19+,20+/m1/s1. The van der Waals surface area contributed by atoms with Gasteiger partial charge in [-0.2, -0.15) is 0 Å². The fourth-order valence-corrected chi connectivity index (χ4v) is 8.26. The molecule has 0 spiro atoms. The Morgan fingerprint density at radius 1 is 0.750 bits per heavy atom. The number of ether oxygens (including phenoxy) is 2. The highest BCUT2D eigenvalue weighted by Gasteiger charge is 2.68. The van der Waals surface area contributed by atoms with Gasteiger partial charge in [-0.15, -0.1) is 0 Å². The van der Waals surface area contributed by atoms with Gasteiger partial charge in [0.25, 0.3) is 0 Å². The van der Waals surface area contributed by atoms with E-state index in [1.807, 2.05) is 0 Å². The molecule has 6 heteroatoms. The average molecular weight is 388 g/mol. The van der Waals surface area contributed by atoms with Crippen LogP contribution in [0.4, 0.5) is 0 Å². The SMILES string of the molecule is COC(=O)[C@@H]1[C@@H](C(=O)OC)[C@@H]2[C@@H](C[C@H]3CCC(=O)[C@@H]32)[C@H]2C[C@H]3CCC(=O)[C@H]3[C@H]21. The van der Waals surface area contributed by atoms with Crippen LogP contribution in [0.15, 0.2) is 0 Å². The average Bonchev–Trinajstić information content (AvgIpc) is 3.42. The molecular weight excluding hydrogens is 360 g/mol. The molecule has 10 atom stereocenters. The number of ketones is 2. The smallest absolute Gasteiger partial charge is 0.309 e. The van der Waals surface area contributed by atoms with Crippen molar-refractivity contribution in [3.05, 3.63) is 0 Å². The van der Waals surface area contributed by atoms with Gasteiger partial charge in [0.2, 0.25) is 0 Å². The zero-order chi connectivity index (χ0) is 19.7. The van der Waals surface area contributed by atoms with E-state index in [2.05, 4.69) is 0 Å². The summed E-state index contributed by atoms with van der Waals surface area (Å²) >= 11 is 0. The van der Waals surface area contributed by atoms with Crippen LogP contribution in [-0.4, -0.2) is 37.7 Å². The quantitative estimate of drug-likeness (QED) is 0.673. The maximum atomic E-state index is 13.0. The van der Waals surface area contributed by atoms with Crippen molar-refractivity contribution < 1.29 is 28.7 Å². The Morgan fingerprint density at radius 2 is 1.14 bits per heavy atom. The van der Waals surface area contributed by atoms with Crippen molar-refractivity contribution in [1.29, 1.82) is 0 Å². The summed E-state index contributed by atoms with van der Waals surface area (Å²) in [6.45, 7) is 0. The number of carbonyl (C=O) groups is 4. The van der Waals surface area contributed by atoms with E-state index in [0.29, 0.717) is 24.7 Å². The first-order valence-electron chi connectivity index (χ1n) is 10.7. The van der Waals surface area contributed by atoms with Gasteiger partial charge in [-0.25, -0.2) is 0 Å². The first-order chi connectivity index (χ1) is 13.5. The third-order valence-electron chi connectivity index (χ3n) is 8.96. The molecule has 5 aliphatic carbocycles. The molecule has 152 valence electrons. The van der Waals surface area contributed by atoms with Crippen LogP contribution in [-0.2, 0) is 28.7 Å². The van der Waals surface area contributed by atoms with Crippen LogP contribution in [0.25, 0.3) is 0 Å². The van der Waals surface area contributed by atoms with Crippen molar-refractivity contribution in [2.45, 2.75) is 38.5 Å². The van der Waals surface area contributed by atoms with E-state index in [1.54, 1.807) is 0 Å². The summed E-state index contributed by atoms with van der Waals surface area (Å²) in [6.07, 6.45) is 4.81. The second kappa shape index (κ2) is 6.39. The minimum Gasteiger partial charge on any atom is -0.469 e. The van der Waals surface area contributed by atoms with Gasteiger partial charge in [0.1, 0.15) is 11.6 Å². The molecule has 6 nitrogen and oxygen atoms in total. The summed E-state index contributed by atoms with van der Waals surface area (Å²) in [4.78, 5) is 51.4. The number of hydrogen-bond donors (Lipinski definition) is 0. The summed E-state index contributed by atoms with van der Waals surface area (Å²) in [5.74, 6) is -1.20. The van der Waals surface area contributed by atoms with Crippen LogP contribution in [0, 0.1) is 59.2 Å². The van der Waals surface area contributed by atoms with Crippen LogP contribution in [0.1, 0.15) is 38.5 Å². The van der Waals surface area contributed by atoms with Gasteiger partial charge < -0.3 is 9.47 Å². The highest BCUT2D eigenvalue weighted by molar-refractivity contribution is 5.89. The molecule has 5 aliphatic rings. The first kappa shape index (κ1) is 18.3. The van der Waals surface area contributed by atoms with Crippen molar-refractivity contribution in [3.8, 4) is 0 Å². The highest BCUT2D eigenvalue weighted by Crippen LogP contribution is 2.67. The molecule has 5 saturated carbocycles. The minimum atomic E-state index is -0.673. The Morgan fingerprint density at radius 3 is 1.50 bits per heavy atom. The van der Waals surface area contributed by atoms with Crippen molar-refractivity contribution in [3.63, 3.8) is 0 Å². The van der Waals surface area contributed by atoms with E-state index in [-0.39, 0.29) is 47.1 Å². The van der Waals surface area contributed by atoms with E-state index < -0.39 is 23.8 Å². The largest absolute Gasteiger partial charge is 0.469 e. The van der Waals surface area contributed by atoms with Gasteiger partial charge in [0.15, 0.2) is 0 Å². The van der Waals surface area contributed by atoms with Crippen LogP contribution in [0.3, 0.4) is 0 Å². The molecule has 0 aromatic heterocycles. The molecule has 0 aromatic rings. The highest BCUT2D eigenvalue weighted by atomic mass is 16.5. The van der Waals surface area contributed by atoms with Crippen molar-refractivity contribution >= 4 is 23.5 Å². The van der Waals surface area contributed by atoms with Gasteiger partial charge in [0.05, 0.1) is 26.1 Å². The number of carbonyl (C=O) groups excluding carboxylic acids is 4. The monoisotopic (exact) mass is 388 g/mol. The van der Waals surface area contributed by atoms with Gasteiger partial charge >= 0.3 is 11.9 Å². The van der Waals surface area contributed by atoms with E-state index in [1.165, 1.54) is 14.2 Å². The number of rotatable bonds is 2. The Hall–Kier alpha value is -1.72. The van der Waals surface area contributed by atoms with Gasteiger partial charge in [-0.1, -0.05) is 0 Å². The molecule has 28 heavy (non-hydrogen) atoms. The predicted molar refractivity (Wildman–Crippen MR) is 96.6 cm³/mol. The van der Waals surface area contributed by atoms with Crippen LogP contribution in [0.2, 0.25) is 0 Å². The van der Waals surface area contributed by atoms with E-state index in [9.17, 15) is 19.2 Å². The number of fused-ring (bicyclic) bond motifs is 7. The lowest BCUT2D eigenvalue weighted by Gasteiger charge is -2.47. The summed E-state index contributed by atoms with van der Waals surface area (Å²) < 4.78 is 10.3. The summed E-state index contributed by atoms with van der Waals surface area (Å²) in [6, 6.07) is 0. The predicted octanol–water partition coefficient (Wildman–Crippen LogP) is 2.04. The Labute approximate surface area is 164 Å². The van der Waals surface area contributed by atoms with Crippen LogP contribution < -0.4 is 0 Å². The van der Waals surface area contributed by atoms with E-state index in [0.717, 1.165) is 25.7 Å².